The van der Waals surface area contributed by atoms with Crippen LogP contribution in [0.5, 0.6) is 0 Å². The van der Waals surface area contributed by atoms with Gasteiger partial charge in [0.25, 0.3) is 5.91 Å². The molecule has 8 heteroatoms. The van der Waals surface area contributed by atoms with Crippen LogP contribution in [0.25, 0.3) is 0 Å². The van der Waals surface area contributed by atoms with Crippen molar-refractivity contribution in [2.24, 2.45) is 5.92 Å². The molecule has 2 aromatic carbocycles. The van der Waals surface area contributed by atoms with E-state index in [1.54, 1.807) is 24.1 Å². The lowest BCUT2D eigenvalue weighted by Gasteiger charge is -2.40. The van der Waals surface area contributed by atoms with Crippen molar-refractivity contribution in [3.8, 4) is 0 Å². The molecular formula is C26H26F4N2O2. The van der Waals surface area contributed by atoms with Crippen LogP contribution in [0.15, 0.2) is 59.2 Å². The Hall–Kier alpha value is -3.13. The number of hydrogen-bond acceptors (Lipinski definition) is 3. The minimum Gasteiger partial charge on any atom is -0.459 e. The van der Waals surface area contributed by atoms with Gasteiger partial charge in [-0.3, -0.25) is 9.69 Å². The molecule has 0 spiro atoms. The maximum atomic E-state index is 14.5. The molecule has 4 rings (SSSR count). The lowest BCUT2D eigenvalue weighted by Crippen LogP contribution is -2.47. The summed E-state index contributed by atoms with van der Waals surface area (Å²) in [5.41, 5.74) is 0.628. The summed E-state index contributed by atoms with van der Waals surface area (Å²) >= 11 is 0. The predicted octanol–water partition coefficient (Wildman–Crippen LogP) is 5.43. The zero-order valence-corrected chi connectivity index (χ0v) is 18.8. The molecule has 1 aromatic heterocycles. The fourth-order valence-electron chi connectivity index (χ4n) is 4.66. The molecule has 1 atom stereocenters. The van der Waals surface area contributed by atoms with Crippen molar-refractivity contribution in [1.82, 2.24) is 9.80 Å². The van der Waals surface area contributed by atoms with Crippen LogP contribution < -0.4 is 0 Å². The molecule has 2 heterocycles. The van der Waals surface area contributed by atoms with E-state index in [0.29, 0.717) is 37.1 Å². The molecule has 1 fully saturated rings. The maximum absolute atomic E-state index is 14.5. The van der Waals surface area contributed by atoms with E-state index in [0.717, 1.165) is 18.2 Å². The fourth-order valence-corrected chi connectivity index (χ4v) is 4.66. The van der Waals surface area contributed by atoms with Crippen LogP contribution in [0.2, 0.25) is 0 Å². The molecule has 180 valence electrons. The quantitative estimate of drug-likeness (QED) is 0.429. The molecule has 0 radical (unpaired) electrons. The highest BCUT2D eigenvalue weighted by molar-refractivity contribution is 5.91. The third-order valence-corrected chi connectivity index (χ3v) is 6.57. The number of carbonyl (C=O) groups is 1. The average Bonchev–Trinajstić information content (AvgIpc) is 3.36. The molecular weight excluding hydrogens is 448 g/mol. The topological polar surface area (TPSA) is 36.7 Å². The SMILES string of the molecule is CN(C(=O)c1ccco1)C(Cc1ccc(F)cc1F)C1CCN(Cc2cc(F)ccc2F)CC1. The van der Waals surface area contributed by atoms with Crippen molar-refractivity contribution in [3.63, 3.8) is 0 Å². The van der Waals surface area contributed by atoms with E-state index in [-0.39, 0.29) is 36.6 Å². The van der Waals surface area contributed by atoms with E-state index in [4.69, 9.17) is 4.42 Å². The summed E-state index contributed by atoms with van der Waals surface area (Å²) in [6.45, 7) is 1.52. The molecule has 0 bridgehead atoms. The number of hydrogen-bond donors (Lipinski definition) is 0. The van der Waals surface area contributed by atoms with Gasteiger partial charge in [0.1, 0.15) is 23.3 Å². The largest absolute Gasteiger partial charge is 0.459 e. The van der Waals surface area contributed by atoms with Gasteiger partial charge in [-0.15, -0.1) is 0 Å². The van der Waals surface area contributed by atoms with Crippen molar-refractivity contribution in [3.05, 3.63) is 95.0 Å². The molecule has 4 nitrogen and oxygen atoms in total. The van der Waals surface area contributed by atoms with Crippen molar-refractivity contribution in [2.75, 3.05) is 20.1 Å². The Morgan fingerprint density at radius 1 is 1.00 bits per heavy atom. The summed E-state index contributed by atoms with van der Waals surface area (Å²) in [5, 5.41) is 0. The van der Waals surface area contributed by atoms with Crippen molar-refractivity contribution in [1.29, 1.82) is 0 Å². The zero-order chi connectivity index (χ0) is 24.2. The van der Waals surface area contributed by atoms with Gasteiger partial charge in [-0.1, -0.05) is 6.07 Å². The fraction of sp³-hybridized carbons (Fsp3) is 0.346. The Kier molecular flexibility index (Phi) is 7.36. The van der Waals surface area contributed by atoms with E-state index < -0.39 is 23.3 Å². The second kappa shape index (κ2) is 10.4. The first kappa shape index (κ1) is 24.0. The Labute approximate surface area is 195 Å². The summed E-state index contributed by atoms with van der Waals surface area (Å²) in [6, 6.07) is 9.73. The minimum absolute atomic E-state index is 0.0296. The molecule has 1 amide bonds. The van der Waals surface area contributed by atoms with E-state index in [1.165, 1.54) is 24.5 Å². The van der Waals surface area contributed by atoms with E-state index in [9.17, 15) is 22.4 Å². The highest BCUT2D eigenvalue weighted by Gasteiger charge is 2.33. The first-order chi connectivity index (χ1) is 16.3. The Balaban J connectivity index is 1.49. The average molecular weight is 474 g/mol. The molecule has 0 saturated carbocycles. The normalized spacial score (nSPS) is 15.9. The first-order valence-electron chi connectivity index (χ1n) is 11.2. The molecule has 1 aliphatic heterocycles. The summed E-state index contributed by atoms with van der Waals surface area (Å²) in [5.74, 6) is -2.34. The van der Waals surface area contributed by atoms with Gasteiger partial charge in [-0.05, 0) is 80.2 Å². The summed E-state index contributed by atoms with van der Waals surface area (Å²) in [6.07, 6.45) is 3.00. The zero-order valence-electron chi connectivity index (χ0n) is 18.8. The van der Waals surface area contributed by atoms with Crippen LogP contribution in [0, 0.1) is 29.2 Å². The van der Waals surface area contributed by atoms with Gasteiger partial charge in [0.2, 0.25) is 0 Å². The van der Waals surface area contributed by atoms with E-state index in [1.807, 2.05) is 4.90 Å². The number of carbonyl (C=O) groups excluding carboxylic acids is 1. The van der Waals surface area contributed by atoms with Gasteiger partial charge in [-0.25, -0.2) is 17.6 Å². The second-order valence-corrected chi connectivity index (χ2v) is 8.75. The van der Waals surface area contributed by atoms with Crippen LogP contribution in [-0.2, 0) is 13.0 Å². The second-order valence-electron chi connectivity index (χ2n) is 8.75. The number of furan rings is 1. The van der Waals surface area contributed by atoms with Crippen LogP contribution >= 0.6 is 0 Å². The van der Waals surface area contributed by atoms with Gasteiger partial charge in [-0.2, -0.15) is 0 Å². The molecule has 0 N–H and O–H groups in total. The lowest BCUT2D eigenvalue weighted by atomic mass is 9.84. The number of nitrogens with zero attached hydrogens (tertiary/aromatic N) is 2. The number of piperidine rings is 1. The number of likely N-dealkylation sites (tertiary alicyclic amines) is 1. The van der Waals surface area contributed by atoms with Gasteiger partial charge in [0.15, 0.2) is 5.76 Å². The van der Waals surface area contributed by atoms with Crippen LogP contribution in [0.4, 0.5) is 17.6 Å². The van der Waals surface area contributed by atoms with Crippen molar-refractivity contribution >= 4 is 5.91 Å². The molecule has 3 aromatic rings. The van der Waals surface area contributed by atoms with Gasteiger partial charge in [0.05, 0.1) is 6.26 Å². The summed E-state index contributed by atoms with van der Waals surface area (Å²) in [7, 11) is 1.66. The number of likely N-dealkylation sites (N-methyl/N-ethyl adjacent to an activating group) is 1. The minimum atomic E-state index is -0.657. The van der Waals surface area contributed by atoms with Crippen LogP contribution in [0.3, 0.4) is 0 Å². The van der Waals surface area contributed by atoms with E-state index in [2.05, 4.69) is 0 Å². The van der Waals surface area contributed by atoms with Crippen molar-refractivity contribution in [2.45, 2.75) is 31.8 Å². The highest BCUT2D eigenvalue weighted by atomic mass is 19.1. The Morgan fingerprint density at radius 3 is 2.38 bits per heavy atom. The number of benzene rings is 2. The third kappa shape index (κ3) is 5.50. The lowest BCUT2D eigenvalue weighted by molar-refractivity contribution is 0.0553. The standard InChI is InChI=1S/C26H26F4N2O2/c1-31(26(33)25-3-2-12-34-25)24(14-18-4-5-21(28)15-23(18)30)17-8-10-32(11-9-17)16-19-13-20(27)6-7-22(19)29/h2-7,12-13,15,17,24H,8-11,14,16H2,1H3. The maximum Gasteiger partial charge on any atom is 0.289 e. The summed E-state index contributed by atoms with van der Waals surface area (Å²) < 4.78 is 60.7. The third-order valence-electron chi connectivity index (χ3n) is 6.57. The molecule has 1 unspecified atom stereocenters. The first-order valence-corrected chi connectivity index (χ1v) is 11.2. The predicted molar refractivity (Wildman–Crippen MR) is 119 cm³/mol. The molecule has 0 aliphatic carbocycles. The molecule has 34 heavy (non-hydrogen) atoms. The van der Waals surface area contributed by atoms with Gasteiger partial charge < -0.3 is 9.32 Å². The molecule has 1 saturated heterocycles. The van der Waals surface area contributed by atoms with E-state index >= 15 is 0 Å². The van der Waals surface area contributed by atoms with Crippen LogP contribution in [-0.4, -0.2) is 41.9 Å². The Bertz CT molecular complexity index is 1130. The van der Waals surface area contributed by atoms with Crippen LogP contribution in [0.1, 0.15) is 34.5 Å². The number of halogens is 4. The highest BCUT2D eigenvalue weighted by Crippen LogP contribution is 2.29. The van der Waals surface area contributed by atoms with Crippen molar-refractivity contribution < 1.29 is 26.8 Å². The Morgan fingerprint density at radius 2 is 1.71 bits per heavy atom. The smallest absolute Gasteiger partial charge is 0.289 e. The number of rotatable bonds is 7. The van der Waals surface area contributed by atoms with Gasteiger partial charge in [0, 0.05) is 31.3 Å². The monoisotopic (exact) mass is 474 g/mol. The van der Waals surface area contributed by atoms with Gasteiger partial charge >= 0.3 is 0 Å². The number of amides is 1. The molecule has 1 aliphatic rings. The summed E-state index contributed by atoms with van der Waals surface area (Å²) in [4.78, 5) is 16.6.